The number of benzene rings is 2. The number of ether oxygens (including phenoxy) is 2. The highest BCUT2D eigenvalue weighted by molar-refractivity contribution is 5.75. The Balaban J connectivity index is 1.70. The topological polar surface area (TPSA) is 76.1 Å². The normalized spacial score (nSPS) is 10.3. The number of carbonyl (C=O) groups excluding carboxylic acids is 1. The summed E-state index contributed by atoms with van der Waals surface area (Å²) in [5.74, 6) is 0.342. The average molecular weight is 371 g/mol. The van der Waals surface area contributed by atoms with Gasteiger partial charge in [0.05, 0.1) is 6.61 Å². The SMILES string of the molecule is Cc1cccc(OCCCC(=O)N(C)Cc2ccc(OCC(=O)O)cc2)c1. The standard InChI is InChI=1S/C21H25NO5/c1-16-5-3-6-19(13-16)26-12-4-7-20(23)22(2)14-17-8-10-18(11-9-17)27-15-21(24)25/h3,5-6,8-11,13H,4,7,12,14-15H2,1-2H3,(H,24,25). The number of aryl methyl sites for hydroxylation is 1. The Hall–Kier alpha value is -3.02. The van der Waals surface area contributed by atoms with Gasteiger partial charge >= 0.3 is 5.97 Å². The molecule has 0 saturated heterocycles. The number of carbonyl (C=O) groups is 2. The summed E-state index contributed by atoms with van der Waals surface area (Å²) in [5.41, 5.74) is 2.09. The van der Waals surface area contributed by atoms with Crippen molar-refractivity contribution >= 4 is 11.9 Å². The molecule has 27 heavy (non-hydrogen) atoms. The molecule has 2 rings (SSSR count). The van der Waals surface area contributed by atoms with Crippen molar-refractivity contribution in [2.24, 2.45) is 0 Å². The Morgan fingerprint density at radius 2 is 1.78 bits per heavy atom. The van der Waals surface area contributed by atoms with Crippen molar-refractivity contribution in [1.29, 1.82) is 0 Å². The summed E-state index contributed by atoms with van der Waals surface area (Å²) in [4.78, 5) is 24.4. The number of rotatable bonds is 10. The van der Waals surface area contributed by atoms with Gasteiger partial charge in [0.15, 0.2) is 6.61 Å². The van der Waals surface area contributed by atoms with Gasteiger partial charge in [-0.2, -0.15) is 0 Å². The summed E-state index contributed by atoms with van der Waals surface area (Å²) < 4.78 is 10.8. The van der Waals surface area contributed by atoms with E-state index < -0.39 is 5.97 Å². The van der Waals surface area contributed by atoms with Crippen LogP contribution in [0, 0.1) is 6.92 Å². The smallest absolute Gasteiger partial charge is 0.341 e. The van der Waals surface area contributed by atoms with Gasteiger partial charge in [-0.15, -0.1) is 0 Å². The first-order chi connectivity index (χ1) is 12.9. The lowest BCUT2D eigenvalue weighted by Crippen LogP contribution is -2.26. The highest BCUT2D eigenvalue weighted by Crippen LogP contribution is 2.15. The molecule has 0 atom stereocenters. The fourth-order valence-corrected chi connectivity index (χ4v) is 2.51. The predicted octanol–water partition coefficient (Wildman–Crippen LogP) is 3.28. The van der Waals surface area contributed by atoms with Crippen molar-refractivity contribution in [2.75, 3.05) is 20.3 Å². The fourth-order valence-electron chi connectivity index (χ4n) is 2.51. The molecular weight excluding hydrogens is 346 g/mol. The monoisotopic (exact) mass is 371 g/mol. The van der Waals surface area contributed by atoms with Gasteiger partial charge in [0.2, 0.25) is 5.91 Å². The minimum atomic E-state index is -1.02. The van der Waals surface area contributed by atoms with E-state index in [1.54, 1.807) is 24.1 Å². The van der Waals surface area contributed by atoms with E-state index >= 15 is 0 Å². The van der Waals surface area contributed by atoms with E-state index in [-0.39, 0.29) is 12.5 Å². The first kappa shape index (κ1) is 20.3. The minimum Gasteiger partial charge on any atom is -0.494 e. The van der Waals surface area contributed by atoms with Gasteiger partial charge in [-0.3, -0.25) is 4.79 Å². The van der Waals surface area contributed by atoms with Gasteiger partial charge in [0, 0.05) is 20.0 Å². The maximum atomic E-state index is 12.2. The Kier molecular flexibility index (Phi) is 7.67. The zero-order chi connectivity index (χ0) is 19.6. The molecule has 0 unspecified atom stereocenters. The zero-order valence-corrected chi connectivity index (χ0v) is 15.7. The molecule has 0 aromatic heterocycles. The largest absolute Gasteiger partial charge is 0.494 e. The summed E-state index contributed by atoms with van der Waals surface area (Å²) in [6.07, 6.45) is 1.07. The third-order valence-electron chi connectivity index (χ3n) is 3.92. The molecule has 0 aliphatic heterocycles. The molecule has 0 fully saturated rings. The first-order valence-electron chi connectivity index (χ1n) is 8.81. The number of hydrogen-bond donors (Lipinski definition) is 1. The third-order valence-corrected chi connectivity index (χ3v) is 3.92. The molecule has 1 N–H and O–H groups in total. The van der Waals surface area contributed by atoms with E-state index in [0.717, 1.165) is 16.9 Å². The molecule has 2 aromatic rings. The van der Waals surface area contributed by atoms with Crippen LogP contribution >= 0.6 is 0 Å². The fraction of sp³-hybridized carbons (Fsp3) is 0.333. The average Bonchev–Trinajstić information content (AvgIpc) is 2.64. The number of carboxylic acid groups (broad SMARTS) is 1. The van der Waals surface area contributed by atoms with Crippen LogP contribution in [0.5, 0.6) is 11.5 Å². The second kappa shape index (κ2) is 10.2. The van der Waals surface area contributed by atoms with Gasteiger partial charge in [-0.05, 0) is 48.7 Å². The zero-order valence-electron chi connectivity index (χ0n) is 15.7. The molecule has 0 saturated carbocycles. The van der Waals surface area contributed by atoms with Crippen LogP contribution in [-0.4, -0.2) is 42.1 Å². The van der Waals surface area contributed by atoms with E-state index in [2.05, 4.69) is 0 Å². The van der Waals surface area contributed by atoms with Gasteiger partial charge in [-0.25, -0.2) is 4.79 Å². The molecule has 6 nitrogen and oxygen atoms in total. The maximum absolute atomic E-state index is 12.2. The molecule has 144 valence electrons. The number of amides is 1. The number of hydrogen-bond acceptors (Lipinski definition) is 4. The molecule has 0 radical (unpaired) electrons. The van der Waals surface area contributed by atoms with Gasteiger partial charge < -0.3 is 19.5 Å². The molecular formula is C21H25NO5. The summed E-state index contributed by atoms with van der Waals surface area (Å²) in [6, 6.07) is 14.9. The maximum Gasteiger partial charge on any atom is 0.341 e. The highest BCUT2D eigenvalue weighted by Gasteiger charge is 2.09. The second-order valence-electron chi connectivity index (χ2n) is 6.34. The van der Waals surface area contributed by atoms with Crippen LogP contribution in [0.3, 0.4) is 0 Å². The van der Waals surface area contributed by atoms with Crippen LogP contribution in [0.1, 0.15) is 24.0 Å². The van der Waals surface area contributed by atoms with E-state index in [0.29, 0.717) is 31.7 Å². The third kappa shape index (κ3) is 7.40. The molecule has 0 aliphatic carbocycles. The number of aliphatic carboxylic acids is 1. The Bertz CT molecular complexity index is 757. The van der Waals surface area contributed by atoms with Crippen molar-refractivity contribution in [2.45, 2.75) is 26.3 Å². The summed E-state index contributed by atoms with van der Waals surface area (Å²) in [7, 11) is 1.76. The van der Waals surface area contributed by atoms with Crippen molar-refractivity contribution in [3.8, 4) is 11.5 Å². The molecule has 0 heterocycles. The summed E-state index contributed by atoms with van der Waals surface area (Å²) in [5, 5.41) is 8.60. The summed E-state index contributed by atoms with van der Waals surface area (Å²) in [6.45, 7) is 2.62. The Labute approximate surface area is 159 Å². The van der Waals surface area contributed by atoms with Crippen LogP contribution in [0.25, 0.3) is 0 Å². The number of carboxylic acids is 1. The molecule has 0 aliphatic rings. The second-order valence-corrected chi connectivity index (χ2v) is 6.34. The van der Waals surface area contributed by atoms with E-state index in [1.165, 1.54) is 0 Å². The van der Waals surface area contributed by atoms with Crippen LogP contribution in [-0.2, 0) is 16.1 Å². The van der Waals surface area contributed by atoms with Crippen molar-refractivity contribution < 1.29 is 24.2 Å². The highest BCUT2D eigenvalue weighted by atomic mass is 16.5. The Morgan fingerprint density at radius 1 is 1.04 bits per heavy atom. The van der Waals surface area contributed by atoms with Crippen molar-refractivity contribution in [3.05, 3.63) is 59.7 Å². The van der Waals surface area contributed by atoms with E-state index in [9.17, 15) is 9.59 Å². The molecule has 6 heteroatoms. The quantitative estimate of drug-likeness (QED) is 0.649. The first-order valence-corrected chi connectivity index (χ1v) is 8.81. The lowest BCUT2D eigenvalue weighted by molar-refractivity contribution is -0.139. The molecule has 2 aromatic carbocycles. The van der Waals surface area contributed by atoms with Gasteiger partial charge in [0.25, 0.3) is 0 Å². The predicted molar refractivity (Wildman–Crippen MR) is 102 cm³/mol. The molecule has 1 amide bonds. The lowest BCUT2D eigenvalue weighted by atomic mass is 10.2. The van der Waals surface area contributed by atoms with Crippen LogP contribution in [0.2, 0.25) is 0 Å². The van der Waals surface area contributed by atoms with Crippen LogP contribution < -0.4 is 9.47 Å². The van der Waals surface area contributed by atoms with E-state index in [4.69, 9.17) is 14.6 Å². The van der Waals surface area contributed by atoms with Crippen molar-refractivity contribution in [3.63, 3.8) is 0 Å². The van der Waals surface area contributed by atoms with Gasteiger partial charge in [-0.1, -0.05) is 24.3 Å². The minimum absolute atomic E-state index is 0.0500. The van der Waals surface area contributed by atoms with E-state index in [1.807, 2.05) is 43.3 Å². The van der Waals surface area contributed by atoms with Crippen LogP contribution in [0.15, 0.2) is 48.5 Å². The Morgan fingerprint density at radius 3 is 2.44 bits per heavy atom. The van der Waals surface area contributed by atoms with Gasteiger partial charge in [0.1, 0.15) is 11.5 Å². The molecule has 0 spiro atoms. The summed E-state index contributed by atoms with van der Waals surface area (Å²) >= 11 is 0. The number of nitrogens with zero attached hydrogens (tertiary/aromatic N) is 1. The van der Waals surface area contributed by atoms with Crippen molar-refractivity contribution in [1.82, 2.24) is 4.90 Å². The van der Waals surface area contributed by atoms with Crippen LogP contribution in [0.4, 0.5) is 0 Å². The lowest BCUT2D eigenvalue weighted by Gasteiger charge is -2.17. The molecule has 0 bridgehead atoms.